The lowest BCUT2D eigenvalue weighted by molar-refractivity contribution is -0.116. The molecule has 0 spiro atoms. The number of hydrogen-bond donors (Lipinski definition) is 2. The van der Waals surface area contributed by atoms with Gasteiger partial charge in [-0.3, -0.25) is 4.79 Å². The minimum Gasteiger partial charge on any atom is -0.497 e. The van der Waals surface area contributed by atoms with Crippen molar-refractivity contribution in [2.45, 2.75) is 24.8 Å². The molecule has 5 rings (SSSR count). The standard InChI is InChI=1S/C24H22N2O3/c1-28-17-7-4-6-15(12-17)16-13-20-23(21(27)14-16)24(22-10-5-11-29-22)26-19-9-3-2-8-18(19)25-20/h2-12,16,24-26H,13-14H2,1H3/t16-,24-/m1/s1. The average Bonchev–Trinajstić information content (AvgIpc) is 3.22. The van der Waals surface area contributed by atoms with Crippen LogP contribution in [0, 0.1) is 0 Å². The molecule has 2 aromatic carbocycles. The topological polar surface area (TPSA) is 63.5 Å². The van der Waals surface area contributed by atoms with Crippen LogP contribution in [0.3, 0.4) is 0 Å². The zero-order chi connectivity index (χ0) is 19.8. The summed E-state index contributed by atoms with van der Waals surface area (Å²) in [5.41, 5.74) is 4.75. The highest BCUT2D eigenvalue weighted by molar-refractivity contribution is 6.01. The predicted octanol–water partition coefficient (Wildman–Crippen LogP) is 5.27. The van der Waals surface area contributed by atoms with Crippen LogP contribution in [-0.4, -0.2) is 12.9 Å². The summed E-state index contributed by atoms with van der Waals surface area (Å²) in [5.74, 6) is 1.79. The zero-order valence-electron chi connectivity index (χ0n) is 16.1. The Morgan fingerprint density at radius 1 is 1.00 bits per heavy atom. The van der Waals surface area contributed by atoms with Gasteiger partial charge < -0.3 is 19.8 Å². The van der Waals surface area contributed by atoms with E-state index in [-0.39, 0.29) is 17.7 Å². The quantitative estimate of drug-likeness (QED) is 0.642. The summed E-state index contributed by atoms with van der Waals surface area (Å²) in [6.45, 7) is 0. The molecule has 2 aliphatic rings. The lowest BCUT2D eigenvalue weighted by Crippen LogP contribution is -2.26. The number of nitrogens with one attached hydrogen (secondary N) is 2. The van der Waals surface area contributed by atoms with E-state index in [1.807, 2.05) is 54.6 Å². The van der Waals surface area contributed by atoms with E-state index >= 15 is 0 Å². The molecule has 29 heavy (non-hydrogen) atoms. The van der Waals surface area contributed by atoms with E-state index in [0.717, 1.165) is 46.1 Å². The molecule has 0 saturated heterocycles. The second-order valence-corrected chi connectivity index (χ2v) is 7.46. The Balaban J connectivity index is 1.58. The van der Waals surface area contributed by atoms with Gasteiger partial charge in [-0.15, -0.1) is 0 Å². The summed E-state index contributed by atoms with van der Waals surface area (Å²) < 4.78 is 11.1. The SMILES string of the molecule is COc1cccc([C@H]2CC(=O)C3=C(C2)Nc2ccccc2N[C@@H]3c2ccco2)c1. The molecule has 2 atom stereocenters. The number of para-hydroxylation sites is 2. The summed E-state index contributed by atoms with van der Waals surface area (Å²) >= 11 is 0. The van der Waals surface area contributed by atoms with Crippen LogP contribution >= 0.6 is 0 Å². The molecular formula is C24H22N2O3. The maximum absolute atomic E-state index is 13.4. The Kier molecular flexibility index (Phi) is 4.35. The van der Waals surface area contributed by atoms with Crippen LogP contribution in [0.1, 0.15) is 36.1 Å². The van der Waals surface area contributed by atoms with Crippen molar-refractivity contribution in [3.8, 4) is 5.75 Å². The van der Waals surface area contributed by atoms with Crippen LogP contribution in [0.2, 0.25) is 0 Å². The van der Waals surface area contributed by atoms with Gasteiger partial charge in [0.2, 0.25) is 0 Å². The van der Waals surface area contributed by atoms with Gasteiger partial charge in [-0.05, 0) is 54.3 Å². The number of Topliss-reactive ketones (excluding diaryl/α,β-unsaturated/α-hetero) is 1. The number of allylic oxidation sites excluding steroid dienone is 1. The van der Waals surface area contributed by atoms with E-state index in [1.54, 1.807) is 13.4 Å². The first-order valence-electron chi connectivity index (χ1n) is 9.79. The van der Waals surface area contributed by atoms with Crippen molar-refractivity contribution in [2.24, 2.45) is 0 Å². The molecule has 5 nitrogen and oxygen atoms in total. The fourth-order valence-electron chi connectivity index (χ4n) is 4.29. The van der Waals surface area contributed by atoms with Crippen molar-refractivity contribution >= 4 is 17.2 Å². The van der Waals surface area contributed by atoms with E-state index in [0.29, 0.717) is 6.42 Å². The number of hydrogen-bond acceptors (Lipinski definition) is 5. The smallest absolute Gasteiger partial charge is 0.163 e. The molecule has 0 amide bonds. The van der Waals surface area contributed by atoms with Crippen molar-refractivity contribution in [1.82, 2.24) is 0 Å². The molecule has 5 heteroatoms. The van der Waals surface area contributed by atoms with Gasteiger partial charge in [0.15, 0.2) is 5.78 Å². The molecule has 0 bridgehead atoms. The first kappa shape index (κ1) is 17.6. The van der Waals surface area contributed by atoms with Gasteiger partial charge in [0, 0.05) is 17.7 Å². The van der Waals surface area contributed by atoms with Crippen LogP contribution in [-0.2, 0) is 4.79 Å². The molecule has 2 heterocycles. The number of fused-ring (bicyclic) bond motifs is 1. The largest absolute Gasteiger partial charge is 0.497 e. The maximum Gasteiger partial charge on any atom is 0.163 e. The van der Waals surface area contributed by atoms with Gasteiger partial charge in [0.05, 0.1) is 24.7 Å². The normalized spacial score (nSPS) is 20.8. The highest BCUT2D eigenvalue weighted by Gasteiger charge is 2.37. The lowest BCUT2D eigenvalue weighted by Gasteiger charge is -2.29. The summed E-state index contributed by atoms with van der Waals surface area (Å²) in [6.07, 6.45) is 2.86. The van der Waals surface area contributed by atoms with Gasteiger partial charge in [-0.25, -0.2) is 0 Å². The molecule has 1 aliphatic heterocycles. The summed E-state index contributed by atoms with van der Waals surface area (Å²) in [6, 6.07) is 19.5. The number of methoxy groups -OCH3 is 1. The van der Waals surface area contributed by atoms with Gasteiger partial charge in [-0.2, -0.15) is 0 Å². The van der Waals surface area contributed by atoms with Crippen molar-refractivity contribution in [3.63, 3.8) is 0 Å². The number of ketones is 1. The van der Waals surface area contributed by atoms with Gasteiger partial charge in [0.1, 0.15) is 17.6 Å². The summed E-state index contributed by atoms with van der Waals surface area (Å²) in [7, 11) is 1.66. The van der Waals surface area contributed by atoms with Crippen LogP contribution < -0.4 is 15.4 Å². The van der Waals surface area contributed by atoms with Crippen molar-refractivity contribution in [2.75, 3.05) is 17.7 Å². The Labute approximate surface area is 169 Å². The number of anilines is 2. The van der Waals surface area contributed by atoms with Crippen LogP contribution in [0.5, 0.6) is 5.75 Å². The first-order chi connectivity index (χ1) is 14.2. The molecule has 2 N–H and O–H groups in total. The molecule has 1 aromatic heterocycles. The van der Waals surface area contributed by atoms with Crippen LogP contribution in [0.25, 0.3) is 0 Å². The number of carbonyl (C=O) groups is 1. The highest BCUT2D eigenvalue weighted by atomic mass is 16.5. The average molecular weight is 386 g/mol. The number of rotatable bonds is 3. The number of ether oxygens (including phenoxy) is 1. The third-order valence-corrected chi connectivity index (χ3v) is 5.70. The van der Waals surface area contributed by atoms with Gasteiger partial charge in [0.25, 0.3) is 0 Å². The Hall–Kier alpha value is -3.47. The van der Waals surface area contributed by atoms with E-state index in [2.05, 4.69) is 16.7 Å². The Morgan fingerprint density at radius 2 is 1.86 bits per heavy atom. The molecule has 3 aromatic rings. The molecule has 0 saturated carbocycles. The van der Waals surface area contributed by atoms with E-state index in [4.69, 9.17) is 9.15 Å². The molecule has 0 unspecified atom stereocenters. The minimum atomic E-state index is -0.310. The minimum absolute atomic E-state index is 0.103. The monoisotopic (exact) mass is 386 g/mol. The summed E-state index contributed by atoms with van der Waals surface area (Å²) in [5, 5.41) is 7.04. The van der Waals surface area contributed by atoms with E-state index in [1.165, 1.54) is 0 Å². The van der Waals surface area contributed by atoms with Gasteiger partial charge >= 0.3 is 0 Å². The molecule has 0 radical (unpaired) electrons. The van der Waals surface area contributed by atoms with Crippen molar-refractivity contribution < 1.29 is 13.9 Å². The van der Waals surface area contributed by atoms with Crippen LogP contribution in [0.15, 0.2) is 82.6 Å². The van der Waals surface area contributed by atoms with E-state index < -0.39 is 0 Å². The van der Waals surface area contributed by atoms with Gasteiger partial charge in [-0.1, -0.05) is 24.3 Å². The summed E-state index contributed by atoms with van der Waals surface area (Å²) in [4.78, 5) is 13.4. The zero-order valence-corrected chi connectivity index (χ0v) is 16.1. The highest BCUT2D eigenvalue weighted by Crippen LogP contribution is 2.44. The Morgan fingerprint density at radius 3 is 2.66 bits per heavy atom. The fraction of sp³-hybridized carbons (Fsp3) is 0.208. The fourth-order valence-corrected chi connectivity index (χ4v) is 4.29. The molecular weight excluding hydrogens is 364 g/mol. The first-order valence-corrected chi connectivity index (χ1v) is 9.79. The molecule has 146 valence electrons. The third kappa shape index (κ3) is 3.18. The number of benzene rings is 2. The number of carbonyl (C=O) groups excluding carboxylic acids is 1. The Bertz CT molecular complexity index is 1090. The number of furan rings is 1. The second-order valence-electron chi connectivity index (χ2n) is 7.46. The van der Waals surface area contributed by atoms with E-state index in [9.17, 15) is 4.79 Å². The van der Waals surface area contributed by atoms with Crippen molar-refractivity contribution in [3.05, 3.63) is 89.5 Å². The maximum atomic E-state index is 13.4. The molecule has 1 aliphatic carbocycles. The lowest BCUT2D eigenvalue weighted by atomic mass is 9.79. The predicted molar refractivity (Wildman–Crippen MR) is 112 cm³/mol. The second kappa shape index (κ2) is 7.17. The van der Waals surface area contributed by atoms with Crippen molar-refractivity contribution in [1.29, 1.82) is 0 Å². The third-order valence-electron chi connectivity index (χ3n) is 5.70. The molecule has 0 fully saturated rings. The van der Waals surface area contributed by atoms with Crippen LogP contribution in [0.4, 0.5) is 11.4 Å².